The van der Waals surface area contributed by atoms with Crippen LogP contribution in [0.4, 0.5) is 15.9 Å². The van der Waals surface area contributed by atoms with Crippen molar-refractivity contribution >= 4 is 23.1 Å². The molecule has 5 rings (SSSR count). The summed E-state index contributed by atoms with van der Waals surface area (Å²) in [7, 11) is 0. The second-order valence-electron chi connectivity index (χ2n) is 8.84. The van der Waals surface area contributed by atoms with E-state index in [2.05, 4.69) is 30.7 Å². The molecule has 1 unspecified atom stereocenters. The molecule has 0 amide bonds. The van der Waals surface area contributed by atoms with E-state index in [0.717, 1.165) is 41.2 Å². The molecule has 11 heteroatoms. The summed E-state index contributed by atoms with van der Waals surface area (Å²) in [4.78, 5) is 13.1. The number of halogens is 2. The third-order valence-electron chi connectivity index (χ3n) is 6.26. The van der Waals surface area contributed by atoms with Crippen molar-refractivity contribution in [2.24, 2.45) is 0 Å². The highest BCUT2D eigenvalue weighted by Crippen LogP contribution is 2.40. The number of ether oxygens (including phenoxy) is 1. The van der Waals surface area contributed by atoms with Crippen molar-refractivity contribution in [3.05, 3.63) is 82.5 Å². The average molecular weight is 523 g/mol. The van der Waals surface area contributed by atoms with Gasteiger partial charge in [-0.15, -0.1) is 0 Å². The Morgan fingerprint density at radius 1 is 1.14 bits per heavy atom. The van der Waals surface area contributed by atoms with Crippen molar-refractivity contribution in [3.8, 4) is 11.4 Å². The highest BCUT2D eigenvalue weighted by atomic mass is 35.5. The van der Waals surface area contributed by atoms with E-state index in [4.69, 9.17) is 22.1 Å². The highest BCUT2D eigenvalue weighted by molar-refractivity contribution is 6.28. The van der Waals surface area contributed by atoms with Crippen molar-refractivity contribution in [1.29, 1.82) is 0 Å². The summed E-state index contributed by atoms with van der Waals surface area (Å²) in [5.74, 6) is 1.92. The Balaban J connectivity index is 1.12. The van der Waals surface area contributed by atoms with Gasteiger partial charge in [0.05, 0.1) is 5.69 Å². The van der Waals surface area contributed by atoms with Gasteiger partial charge in [-0.25, -0.2) is 24.0 Å². The standard InChI is InChI=1S/C26H28ClFN8O/c1-16-32-15-36(35-16)22-9-6-19(29)14-23(22)37-13-12-30-10-11-31-25-21-8-7-20(24(21)33-26(27)34-25)17-2-4-18(28)5-3-17/h2-6,9,14-15,20,30H,7-8,10-13,29H2,1H3,(H,31,33,34). The number of nitrogen functional groups attached to an aromatic ring is 1. The summed E-state index contributed by atoms with van der Waals surface area (Å²) < 4.78 is 21.0. The fourth-order valence-corrected chi connectivity index (χ4v) is 4.70. The molecule has 1 atom stereocenters. The van der Waals surface area contributed by atoms with Gasteiger partial charge in [0.2, 0.25) is 5.28 Å². The normalized spacial score (nSPS) is 14.5. The molecule has 0 saturated heterocycles. The minimum Gasteiger partial charge on any atom is -0.490 e. The number of hydrogen-bond donors (Lipinski definition) is 3. The average Bonchev–Trinajstić information content (AvgIpc) is 3.50. The van der Waals surface area contributed by atoms with Crippen molar-refractivity contribution in [1.82, 2.24) is 30.0 Å². The van der Waals surface area contributed by atoms with Gasteiger partial charge in [0.1, 0.15) is 41.8 Å². The van der Waals surface area contributed by atoms with Crippen molar-refractivity contribution in [2.75, 3.05) is 37.3 Å². The maximum Gasteiger partial charge on any atom is 0.224 e. The Kier molecular flexibility index (Phi) is 7.47. The van der Waals surface area contributed by atoms with Crippen LogP contribution in [-0.4, -0.2) is 51.0 Å². The summed E-state index contributed by atoms with van der Waals surface area (Å²) in [6, 6.07) is 12.0. The Labute approximate surface area is 219 Å². The Morgan fingerprint density at radius 3 is 2.76 bits per heavy atom. The van der Waals surface area contributed by atoms with Gasteiger partial charge in [-0.3, -0.25) is 0 Å². The van der Waals surface area contributed by atoms with Crippen LogP contribution in [0.2, 0.25) is 5.28 Å². The van der Waals surface area contributed by atoms with Crippen molar-refractivity contribution < 1.29 is 9.13 Å². The highest BCUT2D eigenvalue weighted by Gasteiger charge is 2.29. The van der Waals surface area contributed by atoms with E-state index in [1.807, 2.05) is 25.1 Å². The molecule has 37 heavy (non-hydrogen) atoms. The summed E-state index contributed by atoms with van der Waals surface area (Å²) in [6.45, 7) is 4.29. The van der Waals surface area contributed by atoms with E-state index >= 15 is 0 Å². The largest absolute Gasteiger partial charge is 0.490 e. The molecule has 0 saturated carbocycles. The van der Waals surface area contributed by atoms with Crippen LogP contribution in [0.25, 0.3) is 5.69 Å². The Hall–Kier alpha value is -3.76. The van der Waals surface area contributed by atoms with Crippen molar-refractivity contribution in [3.63, 3.8) is 0 Å². The van der Waals surface area contributed by atoms with E-state index in [-0.39, 0.29) is 17.0 Å². The monoisotopic (exact) mass is 522 g/mol. The molecule has 4 aromatic rings. The fourth-order valence-electron chi connectivity index (χ4n) is 4.52. The molecule has 0 radical (unpaired) electrons. The molecule has 0 bridgehead atoms. The Bertz CT molecular complexity index is 1380. The number of aryl methyl sites for hydroxylation is 1. The third kappa shape index (κ3) is 5.81. The molecular weight excluding hydrogens is 495 g/mol. The van der Waals surface area contributed by atoms with E-state index in [1.54, 1.807) is 23.1 Å². The first-order valence-electron chi connectivity index (χ1n) is 12.2. The molecule has 1 aliphatic carbocycles. The minimum absolute atomic E-state index is 0.0882. The zero-order valence-electron chi connectivity index (χ0n) is 20.4. The van der Waals surface area contributed by atoms with Crippen LogP contribution >= 0.6 is 11.6 Å². The van der Waals surface area contributed by atoms with Gasteiger partial charge in [-0.2, -0.15) is 5.10 Å². The van der Waals surface area contributed by atoms with E-state index in [1.165, 1.54) is 12.1 Å². The molecule has 0 spiro atoms. The number of aromatic nitrogens is 5. The van der Waals surface area contributed by atoms with Gasteiger partial charge in [-0.1, -0.05) is 12.1 Å². The van der Waals surface area contributed by atoms with Crippen LogP contribution in [0.1, 0.15) is 35.0 Å². The second-order valence-corrected chi connectivity index (χ2v) is 9.17. The molecule has 2 aromatic heterocycles. The lowest BCUT2D eigenvalue weighted by atomic mass is 9.97. The molecule has 2 heterocycles. The van der Waals surface area contributed by atoms with E-state index < -0.39 is 0 Å². The number of nitrogens with one attached hydrogen (secondary N) is 2. The van der Waals surface area contributed by atoms with Gasteiger partial charge in [-0.05, 0) is 61.2 Å². The summed E-state index contributed by atoms with van der Waals surface area (Å²) in [5, 5.41) is 11.3. The molecule has 4 N–H and O–H groups in total. The maximum atomic E-state index is 13.4. The maximum absolute atomic E-state index is 13.4. The first-order valence-corrected chi connectivity index (χ1v) is 12.5. The van der Waals surface area contributed by atoms with Crippen LogP contribution in [0.3, 0.4) is 0 Å². The van der Waals surface area contributed by atoms with Crippen LogP contribution < -0.4 is 21.1 Å². The first kappa shape index (κ1) is 24.9. The molecule has 9 nitrogen and oxygen atoms in total. The van der Waals surface area contributed by atoms with E-state index in [0.29, 0.717) is 43.5 Å². The van der Waals surface area contributed by atoms with Crippen LogP contribution in [0.15, 0.2) is 48.8 Å². The second kappa shape index (κ2) is 11.1. The third-order valence-corrected chi connectivity index (χ3v) is 6.43. The zero-order valence-corrected chi connectivity index (χ0v) is 21.2. The fraction of sp³-hybridized carbons (Fsp3) is 0.308. The number of anilines is 2. The SMILES string of the molecule is Cc1ncn(-c2ccc(N)cc2OCCNCCNc2nc(Cl)nc3c2CCC3c2ccc(F)cc2)n1. The lowest BCUT2D eigenvalue weighted by Crippen LogP contribution is -2.27. The molecule has 0 aliphatic heterocycles. The van der Waals surface area contributed by atoms with Crippen LogP contribution in [0.5, 0.6) is 5.75 Å². The van der Waals surface area contributed by atoms with Gasteiger partial charge >= 0.3 is 0 Å². The first-order chi connectivity index (χ1) is 18.0. The summed E-state index contributed by atoms with van der Waals surface area (Å²) in [6.07, 6.45) is 3.38. The van der Waals surface area contributed by atoms with Gasteiger partial charge < -0.3 is 21.1 Å². The number of benzene rings is 2. The lowest BCUT2D eigenvalue weighted by Gasteiger charge is -2.14. The van der Waals surface area contributed by atoms with Gasteiger partial charge in [0.15, 0.2) is 0 Å². The Morgan fingerprint density at radius 2 is 1.97 bits per heavy atom. The number of nitrogens with zero attached hydrogens (tertiary/aromatic N) is 5. The number of nitrogens with two attached hydrogens (primary N) is 1. The molecule has 1 aliphatic rings. The van der Waals surface area contributed by atoms with Gasteiger partial charge in [0, 0.05) is 42.9 Å². The molecule has 2 aromatic carbocycles. The number of hydrogen-bond acceptors (Lipinski definition) is 8. The minimum atomic E-state index is -0.249. The van der Waals surface area contributed by atoms with Crippen LogP contribution in [0, 0.1) is 12.7 Å². The summed E-state index contributed by atoms with van der Waals surface area (Å²) in [5.41, 5.74) is 10.4. The van der Waals surface area contributed by atoms with Crippen molar-refractivity contribution in [2.45, 2.75) is 25.7 Å². The van der Waals surface area contributed by atoms with Crippen LogP contribution in [-0.2, 0) is 6.42 Å². The molecular formula is C26H28ClFN8O. The number of fused-ring (bicyclic) bond motifs is 1. The predicted octanol–water partition coefficient (Wildman–Crippen LogP) is 3.90. The quantitative estimate of drug-likeness (QED) is 0.163. The van der Waals surface area contributed by atoms with Gasteiger partial charge in [0.25, 0.3) is 0 Å². The predicted molar refractivity (Wildman–Crippen MR) is 141 cm³/mol. The molecule has 192 valence electrons. The molecule has 0 fully saturated rings. The topological polar surface area (TPSA) is 116 Å². The smallest absolute Gasteiger partial charge is 0.224 e. The zero-order chi connectivity index (χ0) is 25.8. The lowest BCUT2D eigenvalue weighted by molar-refractivity contribution is 0.313. The number of rotatable bonds is 10. The van der Waals surface area contributed by atoms with E-state index in [9.17, 15) is 4.39 Å². The summed E-state index contributed by atoms with van der Waals surface area (Å²) >= 11 is 6.24.